The van der Waals surface area contributed by atoms with Crippen LogP contribution in [0.5, 0.6) is 0 Å². The molecule has 0 aliphatic rings. The molecule has 5 N–H and O–H groups in total. The van der Waals surface area contributed by atoms with Crippen LogP contribution < -0.4 is 16.8 Å². The van der Waals surface area contributed by atoms with Gasteiger partial charge in [-0.05, 0) is 12.0 Å². The van der Waals surface area contributed by atoms with Crippen LogP contribution in [-0.2, 0) is 4.79 Å². The Labute approximate surface area is 125 Å². The topological polar surface area (TPSA) is 141 Å². The SMILES string of the molecule is CC(C)C(NC(=O)c1cc(Cl)c(N)c([N+](=O)[O-])c1)C(N)=O. The van der Waals surface area contributed by atoms with Gasteiger partial charge >= 0.3 is 0 Å². The minimum absolute atomic E-state index is 0.0761. The molecule has 0 aliphatic heterocycles. The molecule has 0 bridgehead atoms. The number of nitrogen functional groups attached to an aromatic ring is 1. The average molecular weight is 315 g/mol. The summed E-state index contributed by atoms with van der Waals surface area (Å²) in [5, 5.41) is 13.1. The molecule has 8 nitrogen and oxygen atoms in total. The molecule has 0 aliphatic carbocycles. The zero-order chi connectivity index (χ0) is 16.3. The Morgan fingerprint density at radius 3 is 2.38 bits per heavy atom. The first kappa shape index (κ1) is 16.7. The van der Waals surface area contributed by atoms with Crippen molar-refractivity contribution < 1.29 is 14.5 Å². The number of nitrogens with zero attached hydrogens (tertiary/aromatic N) is 1. The van der Waals surface area contributed by atoms with Gasteiger partial charge in [-0.15, -0.1) is 0 Å². The molecule has 1 unspecified atom stereocenters. The monoisotopic (exact) mass is 314 g/mol. The molecule has 0 saturated heterocycles. The molecule has 9 heteroatoms. The number of anilines is 1. The van der Waals surface area contributed by atoms with E-state index in [1.165, 1.54) is 6.07 Å². The summed E-state index contributed by atoms with van der Waals surface area (Å²) in [4.78, 5) is 33.4. The first-order valence-electron chi connectivity index (χ1n) is 5.98. The molecule has 0 heterocycles. The summed E-state index contributed by atoms with van der Waals surface area (Å²) < 4.78 is 0. The van der Waals surface area contributed by atoms with Gasteiger partial charge in [-0.25, -0.2) is 0 Å². The lowest BCUT2D eigenvalue weighted by Gasteiger charge is -2.19. The lowest BCUT2D eigenvalue weighted by Crippen LogP contribution is -2.47. The Morgan fingerprint density at radius 2 is 1.95 bits per heavy atom. The quantitative estimate of drug-likeness (QED) is 0.423. The van der Waals surface area contributed by atoms with Gasteiger partial charge in [0, 0.05) is 11.6 Å². The zero-order valence-corrected chi connectivity index (χ0v) is 12.2. The first-order chi connectivity index (χ1) is 9.65. The van der Waals surface area contributed by atoms with Crippen LogP contribution in [0.2, 0.25) is 5.02 Å². The number of nitro groups is 1. The van der Waals surface area contributed by atoms with Crippen LogP contribution in [0, 0.1) is 16.0 Å². The standard InChI is InChI=1S/C12H15ClN4O4/c1-5(2)10(11(15)18)16-12(19)6-3-7(13)9(14)8(4-6)17(20)21/h3-5,10H,14H2,1-2H3,(H2,15,18)(H,16,19). The molecule has 0 fully saturated rings. The van der Waals surface area contributed by atoms with Crippen molar-refractivity contribution in [3.63, 3.8) is 0 Å². The summed E-state index contributed by atoms with van der Waals surface area (Å²) in [5.74, 6) is -1.63. The number of carbonyl (C=O) groups excluding carboxylic acids is 2. The normalized spacial score (nSPS) is 12.0. The summed E-state index contributed by atoms with van der Waals surface area (Å²) in [6.07, 6.45) is 0. The minimum atomic E-state index is -0.895. The number of hydrogen-bond donors (Lipinski definition) is 3. The smallest absolute Gasteiger partial charge is 0.294 e. The second-order valence-corrected chi connectivity index (χ2v) is 5.15. The fourth-order valence-electron chi connectivity index (χ4n) is 1.68. The summed E-state index contributed by atoms with van der Waals surface area (Å²) in [6, 6.07) is 1.29. The van der Waals surface area contributed by atoms with Gasteiger partial charge in [-0.2, -0.15) is 0 Å². The second kappa shape index (κ2) is 6.40. The molecule has 2 amide bonds. The molecule has 0 aromatic heterocycles. The van der Waals surface area contributed by atoms with Gasteiger partial charge in [0.25, 0.3) is 11.6 Å². The van der Waals surface area contributed by atoms with Crippen molar-refractivity contribution in [3.05, 3.63) is 32.8 Å². The van der Waals surface area contributed by atoms with Gasteiger partial charge in [0.2, 0.25) is 5.91 Å². The number of carbonyl (C=O) groups is 2. The van der Waals surface area contributed by atoms with Crippen LogP contribution in [0.25, 0.3) is 0 Å². The highest BCUT2D eigenvalue weighted by Crippen LogP contribution is 2.30. The highest BCUT2D eigenvalue weighted by Gasteiger charge is 2.24. The maximum Gasteiger partial charge on any atom is 0.294 e. The molecule has 1 aromatic rings. The van der Waals surface area contributed by atoms with E-state index in [4.69, 9.17) is 23.1 Å². The van der Waals surface area contributed by atoms with Crippen molar-refractivity contribution in [1.29, 1.82) is 0 Å². The number of benzene rings is 1. The first-order valence-corrected chi connectivity index (χ1v) is 6.36. The summed E-state index contributed by atoms with van der Waals surface area (Å²) >= 11 is 5.77. The zero-order valence-electron chi connectivity index (χ0n) is 11.4. The molecular weight excluding hydrogens is 300 g/mol. The number of hydrogen-bond acceptors (Lipinski definition) is 5. The lowest BCUT2D eigenvalue weighted by atomic mass is 10.0. The Bertz CT molecular complexity index is 603. The minimum Gasteiger partial charge on any atom is -0.392 e. The van der Waals surface area contributed by atoms with Crippen LogP contribution >= 0.6 is 11.6 Å². The van der Waals surface area contributed by atoms with Crippen LogP contribution in [0.1, 0.15) is 24.2 Å². The average Bonchev–Trinajstić information content (AvgIpc) is 2.37. The fraction of sp³-hybridized carbons (Fsp3) is 0.333. The van der Waals surface area contributed by atoms with E-state index >= 15 is 0 Å². The van der Waals surface area contributed by atoms with Crippen LogP contribution in [0.15, 0.2) is 12.1 Å². The van der Waals surface area contributed by atoms with Crippen molar-refractivity contribution in [3.8, 4) is 0 Å². The van der Waals surface area contributed by atoms with Gasteiger partial charge in [0.1, 0.15) is 11.7 Å². The number of nitro benzene ring substituents is 1. The molecule has 1 rings (SSSR count). The number of halogens is 1. The Hall–Kier alpha value is -2.35. The second-order valence-electron chi connectivity index (χ2n) is 4.75. The highest BCUT2D eigenvalue weighted by molar-refractivity contribution is 6.34. The van der Waals surface area contributed by atoms with Crippen molar-refractivity contribution in [2.75, 3.05) is 5.73 Å². The molecular formula is C12H15ClN4O4. The largest absolute Gasteiger partial charge is 0.392 e. The Morgan fingerprint density at radius 1 is 1.38 bits per heavy atom. The summed E-state index contributed by atoms with van der Waals surface area (Å²) in [6.45, 7) is 3.40. The lowest BCUT2D eigenvalue weighted by molar-refractivity contribution is -0.383. The van der Waals surface area contributed by atoms with E-state index in [9.17, 15) is 19.7 Å². The Balaban J connectivity index is 3.14. The van der Waals surface area contributed by atoms with Gasteiger partial charge in [-0.3, -0.25) is 19.7 Å². The highest BCUT2D eigenvalue weighted by atomic mass is 35.5. The number of primary amides is 1. The molecule has 1 aromatic carbocycles. The molecule has 0 saturated carbocycles. The van der Waals surface area contributed by atoms with Crippen molar-refractivity contribution in [2.45, 2.75) is 19.9 Å². The number of rotatable bonds is 5. The van der Waals surface area contributed by atoms with Crippen molar-refractivity contribution in [1.82, 2.24) is 5.32 Å². The number of nitrogens with two attached hydrogens (primary N) is 2. The maximum atomic E-state index is 12.1. The van der Waals surface area contributed by atoms with Gasteiger partial charge < -0.3 is 16.8 Å². The third kappa shape index (κ3) is 3.82. The maximum absolute atomic E-state index is 12.1. The van der Waals surface area contributed by atoms with E-state index in [1.54, 1.807) is 13.8 Å². The molecule has 0 spiro atoms. The molecule has 1 atom stereocenters. The van der Waals surface area contributed by atoms with E-state index in [1.807, 2.05) is 0 Å². The van der Waals surface area contributed by atoms with Crippen LogP contribution in [-0.4, -0.2) is 22.8 Å². The summed E-state index contributed by atoms with van der Waals surface area (Å²) in [5.41, 5.74) is 9.88. The number of nitrogens with one attached hydrogen (secondary N) is 1. The fourth-order valence-corrected chi connectivity index (χ4v) is 1.89. The van der Waals surface area contributed by atoms with E-state index in [0.717, 1.165) is 6.07 Å². The van der Waals surface area contributed by atoms with Crippen molar-refractivity contribution >= 4 is 34.8 Å². The van der Waals surface area contributed by atoms with Gasteiger partial charge in [0.05, 0.1) is 9.95 Å². The van der Waals surface area contributed by atoms with Crippen LogP contribution in [0.4, 0.5) is 11.4 Å². The number of amides is 2. The third-order valence-corrected chi connectivity index (χ3v) is 3.14. The van der Waals surface area contributed by atoms with Gasteiger partial charge in [-0.1, -0.05) is 25.4 Å². The van der Waals surface area contributed by atoms with E-state index in [0.29, 0.717) is 0 Å². The van der Waals surface area contributed by atoms with Crippen LogP contribution in [0.3, 0.4) is 0 Å². The Kier molecular flexibility index (Phi) is 5.09. The summed E-state index contributed by atoms with van der Waals surface area (Å²) in [7, 11) is 0. The predicted molar refractivity (Wildman–Crippen MR) is 77.8 cm³/mol. The predicted octanol–water partition coefficient (Wildman–Crippen LogP) is 1.07. The van der Waals surface area contributed by atoms with Gasteiger partial charge in [0.15, 0.2) is 0 Å². The molecule has 21 heavy (non-hydrogen) atoms. The molecule has 114 valence electrons. The van der Waals surface area contributed by atoms with E-state index in [-0.39, 0.29) is 22.2 Å². The van der Waals surface area contributed by atoms with E-state index in [2.05, 4.69) is 5.32 Å². The third-order valence-electron chi connectivity index (χ3n) is 2.83. The molecule has 0 radical (unpaired) electrons. The van der Waals surface area contributed by atoms with Crippen molar-refractivity contribution in [2.24, 2.45) is 11.7 Å². The van der Waals surface area contributed by atoms with E-state index < -0.39 is 28.5 Å².